The van der Waals surface area contributed by atoms with Crippen LogP contribution >= 0.6 is 0 Å². The first-order valence-electron chi connectivity index (χ1n) is 29.6. The van der Waals surface area contributed by atoms with Crippen LogP contribution in [0.4, 0.5) is 0 Å². The first-order valence-corrected chi connectivity index (χ1v) is 29.6. The average molecular weight is 1030 g/mol. The van der Waals surface area contributed by atoms with E-state index in [0.717, 1.165) is 96.3 Å². The van der Waals surface area contributed by atoms with Crippen LogP contribution in [0.5, 0.6) is 0 Å². The van der Waals surface area contributed by atoms with E-state index < -0.39 is 67.3 Å². The number of aliphatic hydroxyl groups excluding tert-OH is 2. The lowest BCUT2D eigenvalue weighted by Crippen LogP contribution is -2.61. The first-order chi connectivity index (χ1) is 35.6. The summed E-state index contributed by atoms with van der Waals surface area (Å²) in [6.45, 7) is 5.83. The molecule has 1 heterocycles. The van der Waals surface area contributed by atoms with Crippen molar-refractivity contribution in [3.8, 4) is 0 Å². The van der Waals surface area contributed by atoms with Gasteiger partial charge < -0.3 is 39.0 Å². The van der Waals surface area contributed by atoms with Crippen LogP contribution in [0.1, 0.15) is 265 Å². The van der Waals surface area contributed by atoms with E-state index in [-0.39, 0.29) is 25.9 Å². The number of aliphatic carboxylic acids is 1. The molecule has 6 atom stereocenters. The van der Waals surface area contributed by atoms with E-state index in [4.69, 9.17) is 23.7 Å². The maximum absolute atomic E-state index is 13.1. The molecule has 0 saturated carbocycles. The summed E-state index contributed by atoms with van der Waals surface area (Å²) < 4.78 is 28.4. The second-order valence-corrected chi connectivity index (χ2v) is 20.3. The van der Waals surface area contributed by atoms with Crippen molar-refractivity contribution >= 4 is 23.9 Å². The molecule has 3 N–H and O–H groups in total. The van der Waals surface area contributed by atoms with Gasteiger partial charge in [-0.3, -0.25) is 14.4 Å². The van der Waals surface area contributed by atoms with E-state index in [0.29, 0.717) is 19.3 Å². The third-order valence-electron chi connectivity index (χ3n) is 13.4. The molecule has 0 amide bonds. The monoisotopic (exact) mass is 1030 g/mol. The molecule has 0 aromatic carbocycles. The van der Waals surface area contributed by atoms with Crippen LogP contribution in [0.25, 0.3) is 0 Å². The summed E-state index contributed by atoms with van der Waals surface area (Å²) in [5.74, 6) is -3.15. The molecule has 0 radical (unpaired) electrons. The van der Waals surface area contributed by atoms with E-state index in [1.54, 1.807) is 0 Å². The number of aliphatic hydroxyl groups is 2. The van der Waals surface area contributed by atoms with Gasteiger partial charge in [0.2, 0.25) is 0 Å². The lowest BCUT2D eigenvalue weighted by molar-refractivity contribution is -0.301. The van der Waals surface area contributed by atoms with Crippen molar-refractivity contribution in [1.29, 1.82) is 0 Å². The van der Waals surface area contributed by atoms with Crippen molar-refractivity contribution in [2.75, 3.05) is 13.2 Å². The predicted octanol–water partition coefficient (Wildman–Crippen LogP) is 15.0. The Bertz CT molecular complexity index is 1460. The summed E-state index contributed by atoms with van der Waals surface area (Å²) in [5, 5.41) is 31.4. The molecule has 1 aliphatic rings. The van der Waals surface area contributed by atoms with Gasteiger partial charge in [-0.15, -0.1) is 0 Å². The molecule has 6 unspecified atom stereocenters. The number of hydrogen-bond acceptors (Lipinski definition) is 11. The number of carbonyl (C=O) groups excluding carboxylic acids is 3. The van der Waals surface area contributed by atoms with Crippen LogP contribution in [-0.2, 0) is 42.9 Å². The standard InChI is InChI=1S/C61H106O12/c1-4-7-10-13-16-19-22-24-25-26-27-28-29-31-33-35-38-41-44-47-53(62)69-50-52(71-54(63)48-45-42-39-36-32-21-18-15-12-9-6-3)51-70-61-59(57(66)56(65)58(73-61)60(67)68)72-55(64)49-46-43-40-37-34-30-23-20-17-14-11-8-5-2/h8,11,15,17-18,20,30,34,52,56-59,61,65-66H,4-7,9-10,12-14,16,19,21-29,31-33,35-51H2,1-3H3,(H,67,68)/b11-8-,18-15-,20-17-,34-30-. The third-order valence-corrected chi connectivity index (χ3v) is 13.4. The zero-order valence-corrected chi connectivity index (χ0v) is 46.4. The number of esters is 3. The van der Waals surface area contributed by atoms with Crippen LogP contribution in [0.2, 0.25) is 0 Å². The third kappa shape index (κ3) is 39.7. The number of unbranched alkanes of at least 4 members (excludes halogenated alkanes) is 28. The number of rotatable bonds is 50. The van der Waals surface area contributed by atoms with Gasteiger partial charge in [0.25, 0.3) is 0 Å². The fourth-order valence-electron chi connectivity index (χ4n) is 8.83. The quantitative estimate of drug-likeness (QED) is 0.0228. The second-order valence-electron chi connectivity index (χ2n) is 20.3. The Kier molecular flexibility index (Phi) is 45.9. The van der Waals surface area contributed by atoms with Crippen molar-refractivity contribution < 1.29 is 58.2 Å². The summed E-state index contributed by atoms with van der Waals surface area (Å²) in [5.41, 5.74) is 0. The normalized spacial score (nSPS) is 18.6. The van der Waals surface area contributed by atoms with E-state index >= 15 is 0 Å². The Hall–Kier alpha value is -3.32. The molecule has 1 saturated heterocycles. The van der Waals surface area contributed by atoms with Gasteiger partial charge in [-0.05, 0) is 70.6 Å². The Labute approximate surface area is 443 Å². The van der Waals surface area contributed by atoms with E-state index in [1.807, 2.05) is 0 Å². The summed E-state index contributed by atoms with van der Waals surface area (Å²) in [6.07, 6.45) is 46.7. The topological polar surface area (TPSA) is 175 Å². The molecule has 1 fully saturated rings. The van der Waals surface area contributed by atoms with Gasteiger partial charge in [0, 0.05) is 19.3 Å². The first kappa shape index (κ1) is 67.7. The molecule has 0 aromatic heterocycles. The highest BCUT2D eigenvalue weighted by Crippen LogP contribution is 2.26. The fourth-order valence-corrected chi connectivity index (χ4v) is 8.83. The Morgan fingerprint density at radius 1 is 0.466 bits per heavy atom. The van der Waals surface area contributed by atoms with E-state index in [2.05, 4.69) is 69.4 Å². The van der Waals surface area contributed by atoms with Gasteiger partial charge in [0.15, 0.2) is 24.6 Å². The Morgan fingerprint density at radius 3 is 1.38 bits per heavy atom. The minimum absolute atomic E-state index is 0.0257. The number of hydrogen-bond donors (Lipinski definition) is 3. The van der Waals surface area contributed by atoms with Gasteiger partial charge in [0.1, 0.15) is 18.8 Å². The minimum Gasteiger partial charge on any atom is -0.479 e. The zero-order valence-electron chi connectivity index (χ0n) is 46.4. The number of carbonyl (C=O) groups is 4. The predicted molar refractivity (Wildman–Crippen MR) is 294 cm³/mol. The lowest BCUT2D eigenvalue weighted by atomic mass is 9.98. The van der Waals surface area contributed by atoms with Crippen LogP contribution < -0.4 is 0 Å². The number of allylic oxidation sites excluding steroid dienone is 8. The molecule has 73 heavy (non-hydrogen) atoms. The number of carboxylic acids is 1. The summed E-state index contributed by atoms with van der Waals surface area (Å²) >= 11 is 0. The molecule has 0 bridgehead atoms. The number of carboxylic acid groups (broad SMARTS) is 1. The van der Waals surface area contributed by atoms with Crippen molar-refractivity contribution in [1.82, 2.24) is 0 Å². The van der Waals surface area contributed by atoms with Gasteiger partial charge in [0.05, 0.1) is 6.61 Å². The van der Waals surface area contributed by atoms with Crippen LogP contribution in [0.3, 0.4) is 0 Å². The molecule has 12 nitrogen and oxygen atoms in total. The summed E-state index contributed by atoms with van der Waals surface area (Å²) in [4.78, 5) is 51.0. The molecule has 0 aromatic rings. The molecule has 0 aliphatic carbocycles. The molecule has 0 spiro atoms. The zero-order chi connectivity index (χ0) is 53.3. The molecule has 422 valence electrons. The summed E-state index contributed by atoms with van der Waals surface area (Å²) in [6, 6.07) is 0. The molecule has 12 heteroatoms. The van der Waals surface area contributed by atoms with Crippen molar-refractivity contribution in [2.45, 2.75) is 302 Å². The van der Waals surface area contributed by atoms with Gasteiger partial charge in [-0.2, -0.15) is 0 Å². The van der Waals surface area contributed by atoms with Crippen molar-refractivity contribution in [3.63, 3.8) is 0 Å². The highest BCUT2D eigenvalue weighted by Gasteiger charge is 2.50. The largest absolute Gasteiger partial charge is 0.479 e. The maximum atomic E-state index is 13.1. The smallest absolute Gasteiger partial charge is 0.335 e. The highest BCUT2D eigenvalue weighted by molar-refractivity contribution is 5.74. The Balaban J connectivity index is 2.65. The maximum Gasteiger partial charge on any atom is 0.335 e. The summed E-state index contributed by atoms with van der Waals surface area (Å²) in [7, 11) is 0. The van der Waals surface area contributed by atoms with E-state index in [9.17, 15) is 34.5 Å². The lowest BCUT2D eigenvalue weighted by Gasteiger charge is -2.40. The van der Waals surface area contributed by atoms with Crippen molar-refractivity contribution in [2.24, 2.45) is 0 Å². The molecule has 1 rings (SSSR count). The number of ether oxygens (including phenoxy) is 5. The average Bonchev–Trinajstić information content (AvgIpc) is 3.37. The minimum atomic E-state index is -1.91. The molecular weight excluding hydrogens is 925 g/mol. The second kappa shape index (κ2) is 49.6. The van der Waals surface area contributed by atoms with Crippen LogP contribution in [0, 0.1) is 0 Å². The Morgan fingerprint density at radius 2 is 0.877 bits per heavy atom. The van der Waals surface area contributed by atoms with Crippen molar-refractivity contribution in [3.05, 3.63) is 48.6 Å². The fraction of sp³-hybridized carbons (Fsp3) is 0.803. The van der Waals surface area contributed by atoms with Gasteiger partial charge >= 0.3 is 23.9 Å². The SMILES string of the molecule is CC/C=C\C/C=C\C/C=C\CCCCCC(=O)OC1C(OCC(COC(=O)CCCCCCCCCCCCCCCCCCCCC)OC(=O)CCCCCCC/C=C\CCCC)OC(C(=O)O)C(O)C1O. The van der Waals surface area contributed by atoms with Crippen LogP contribution in [0.15, 0.2) is 48.6 Å². The van der Waals surface area contributed by atoms with Gasteiger partial charge in [-0.1, -0.05) is 223 Å². The van der Waals surface area contributed by atoms with E-state index in [1.165, 1.54) is 109 Å². The van der Waals surface area contributed by atoms with Gasteiger partial charge in [-0.25, -0.2) is 4.79 Å². The highest BCUT2D eigenvalue weighted by atomic mass is 16.7. The molecule has 1 aliphatic heterocycles. The molecular formula is C61H106O12. The van der Waals surface area contributed by atoms with Crippen LogP contribution in [-0.4, -0.2) is 89.2 Å².